The maximum absolute atomic E-state index is 12.0. The van der Waals surface area contributed by atoms with Gasteiger partial charge in [0.1, 0.15) is 11.8 Å². The summed E-state index contributed by atoms with van der Waals surface area (Å²) in [6, 6.07) is 1.53. The molecule has 0 radical (unpaired) electrons. The van der Waals surface area contributed by atoms with Crippen molar-refractivity contribution in [2.45, 2.75) is 38.1 Å². The summed E-state index contributed by atoms with van der Waals surface area (Å²) in [4.78, 5) is 23.5. The van der Waals surface area contributed by atoms with Crippen molar-refractivity contribution in [2.75, 3.05) is 0 Å². The van der Waals surface area contributed by atoms with Crippen LogP contribution in [0.3, 0.4) is 0 Å². The summed E-state index contributed by atoms with van der Waals surface area (Å²) in [5.74, 6) is -1.41. The second kappa shape index (κ2) is 4.84. The zero-order valence-electron chi connectivity index (χ0n) is 10.3. The Morgan fingerprint density at radius 2 is 2.28 bits per heavy atom. The molecule has 5 heteroatoms. The molecule has 0 aliphatic heterocycles. The zero-order chi connectivity index (χ0) is 13.2. The molecule has 0 spiro atoms. The van der Waals surface area contributed by atoms with E-state index in [2.05, 4.69) is 5.32 Å². The highest BCUT2D eigenvalue weighted by Gasteiger charge is 2.46. The van der Waals surface area contributed by atoms with Gasteiger partial charge in [-0.1, -0.05) is 19.8 Å². The van der Waals surface area contributed by atoms with Crippen LogP contribution in [0.25, 0.3) is 0 Å². The van der Waals surface area contributed by atoms with Gasteiger partial charge in [0.15, 0.2) is 0 Å². The van der Waals surface area contributed by atoms with Gasteiger partial charge in [-0.15, -0.1) is 0 Å². The van der Waals surface area contributed by atoms with Crippen molar-refractivity contribution in [1.82, 2.24) is 5.32 Å². The van der Waals surface area contributed by atoms with Gasteiger partial charge < -0.3 is 14.8 Å². The van der Waals surface area contributed by atoms with Crippen LogP contribution < -0.4 is 5.32 Å². The van der Waals surface area contributed by atoms with Crippen molar-refractivity contribution >= 4 is 11.9 Å². The lowest BCUT2D eigenvalue weighted by atomic mass is 9.73. The second-order valence-corrected chi connectivity index (χ2v) is 4.89. The predicted molar refractivity (Wildman–Crippen MR) is 64.2 cm³/mol. The Balaban J connectivity index is 2.21. The predicted octanol–water partition coefficient (Wildman–Crippen LogP) is 2.04. The van der Waals surface area contributed by atoms with Crippen molar-refractivity contribution in [2.24, 2.45) is 5.92 Å². The third-order valence-electron chi connectivity index (χ3n) is 3.80. The summed E-state index contributed by atoms with van der Waals surface area (Å²) in [7, 11) is 0. The summed E-state index contributed by atoms with van der Waals surface area (Å²) in [5, 5.41) is 12.2. The highest BCUT2D eigenvalue weighted by atomic mass is 16.4. The maximum atomic E-state index is 12.0. The van der Waals surface area contributed by atoms with Gasteiger partial charge in [0.2, 0.25) is 0 Å². The molecule has 2 unspecified atom stereocenters. The molecule has 1 aromatic heterocycles. The number of carboxylic acid groups (broad SMARTS) is 1. The molecule has 2 atom stereocenters. The third kappa shape index (κ3) is 2.12. The van der Waals surface area contributed by atoms with Gasteiger partial charge in [0.25, 0.3) is 5.91 Å². The molecule has 1 saturated carbocycles. The van der Waals surface area contributed by atoms with Crippen LogP contribution in [0.15, 0.2) is 23.0 Å². The Bertz CT molecular complexity index is 440. The summed E-state index contributed by atoms with van der Waals surface area (Å²) in [6.07, 6.45) is 5.84. The molecular weight excluding hydrogens is 234 g/mol. The Morgan fingerprint density at radius 3 is 2.83 bits per heavy atom. The van der Waals surface area contributed by atoms with E-state index in [1.807, 2.05) is 6.92 Å². The molecule has 1 aliphatic carbocycles. The molecule has 0 aromatic carbocycles. The Kier molecular flexibility index (Phi) is 3.41. The molecule has 0 bridgehead atoms. The number of carbonyl (C=O) groups is 2. The molecule has 1 aliphatic rings. The van der Waals surface area contributed by atoms with Gasteiger partial charge in [-0.05, 0) is 24.8 Å². The molecule has 5 nitrogen and oxygen atoms in total. The summed E-state index contributed by atoms with van der Waals surface area (Å²) in [5.41, 5.74) is -0.791. The fourth-order valence-electron chi connectivity index (χ4n) is 2.57. The van der Waals surface area contributed by atoms with Gasteiger partial charge in [-0.2, -0.15) is 0 Å². The first kappa shape index (κ1) is 12.7. The lowest BCUT2D eigenvalue weighted by molar-refractivity contribution is -0.148. The van der Waals surface area contributed by atoms with E-state index in [9.17, 15) is 14.7 Å². The van der Waals surface area contributed by atoms with Gasteiger partial charge in [0.05, 0.1) is 11.8 Å². The largest absolute Gasteiger partial charge is 0.479 e. The van der Waals surface area contributed by atoms with Gasteiger partial charge in [-0.25, -0.2) is 4.79 Å². The Labute approximate surface area is 105 Å². The van der Waals surface area contributed by atoms with E-state index in [1.165, 1.54) is 18.6 Å². The van der Waals surface area contributed by atoms with Crippen LogP contribution >= 0.6 is 0 Å². The van der Waals surface area contributed by atoms with Gasteiger partial charge >= 0.3 is 5.97 Å². The fraction of sp³-hybridized carbons (Fsp3) is 0.538. The number of furan rings is 1. The Morgan fingerprint density at radius 1 is 1.50 bits per heavy atom. The first-order valence-electron chi connectivity index (χ1n) is 6.14. The van der Waals surface area contributed by atoms with Crippen LogP contribution in [0.4, 0.5) is 0 Å². The summed E-state index contributed by atoms with van der Waals surface area (Å²) >= 11 is 0. The van der Waals surface area contributed by atoms with E-state index in [4.69, 9.17) is 4.42 Å². The normalized spacial score (nSPS) is 27.7. The van der Waals surface area contributed by atoms with Crippen molar-refractivity contribution in [3.63, 3.8) is 0 Å². The van der Waals surface area contributed by atoms with E-state index in [0.29, 0.717) is 12.0 Å². The molecule has 1 aromatic rings. The average Bonchev–Trinajstić information content (AvgIpc) is 2.85. The fourth-order valence-corrected chi connectivity index (χ4v) is 2.57. The van der Waals surface area contributed by atoms with E-state index in [0.717, 1.165) is 19.3 Å². The molecule has 2 rings (SSSR count). The average molecular weight is 251 g/mol. The summed E-state index contributed by atoms with van der Waals surface area (Å²) in [6.45, 7) is 1.88. The minimum Gasteiger partial charge on any atom is -0.479 e. The lowest BCUT2D eigenvalue weighted by Gasteiger charge is -2.39. The standard InChI is InChI=1S/C13H17NO4/c1-9-4-2-3-6-13(9,12(16)17)14-11(15)10-5-7-18-8-10/h5,7-9H,2-4,6H2,1H3,(H,14,15)(H,16,17). The van der Waals surface area contributed by atoms with E-state index in [1.54, 1.807) is 0 Å². The van der Waals surface area contributed by atoms with Gasteiger partial charge in [-0.3, -0.25) is 4.79 Å². The lowest BCUT2D eigenvalue weighted by Crippen LogP contribution is -2.59. The topological polar surface area (TPSA) is 79.5 Å². The number of rotatable bonds is 3. The van der Waals surface area contributed by atoms with Crippen LogP contribution in [0.5, 0.6) is 0 Å². The van der Waals surface area contributed by atoms with E-state index in [-0.39, 0.29) is 11.8 Å². The number of carboxylic acids is 1. The maximum Gasteiger partial charge on any atom is 0.329 e. The molecular formula is C13H17NO4. The van der Waals surface area contributed by atoms with Crippen molar-refractivity contribution in [3.05, 3.63) is 24.2 Å². The van der Waals surface area contributed by atoms with Crippen LogP contribution in [-0.4, -0.2) is 22.5 Å². The molecule has 1 amide bonds. The quantitative estimate of drug-likeness (QED) is 0.861. The van der Waals surface area contributed by atoms with Crippen LogP contribution in [0, 0.1) is 5.92 Å². The number of nitrogens with one attached hydrogen (secondary N) is 1. The van der Waals surface area contributed by atoms with Crippen LogP contribution in [-0.2, 0) is 4.79 Å². The number of hydrogen-bond acceptors (Lipinski definition) is 3. The molecule has 98 valence electrons. The first-order valence-corrected chi connectivity index (χ1v) is 6.14. The number of amides is 1. The van der Waals surface area contributed by atoms with Gasteiger partial charge in [0, 0.05) is 0 Å². The molecule has 1 fully saturated rings. The number of hydrogen-bond donors (Lipinski definition) is 2. The Hall–Kier alpha value is -1.78. The minimum atomic E-state index is -1.15. The van der Waals surface area contributed by atoms with Crippen LogP contribution in [0.2, 0.25) is 0 Å². The molecule has 1 heterocycles. The molecule has 0 saturated heterocycles. The van der Waals surface area contributed by atoms with Crippen LogP contribution in [0.1, 0.15) is 43.0 Å². The molecule has 2 N–H and O–H groups in total. The smallest absolute Gasteiger partial charge is 0.329 e. The van der Waals surface area contributed by atoms with E-state index >= 15 is 0 Å². The second-order valence-electron chi connectivity index (χ2n) is 4.89. The molecule has 18 heavy (non-hydrogen) atoms. The van der Waals surface area contributed by atoms with Crippen molar-refractivity contribution < 1.29 is 19.1 Å². The minimum absolute atomic E-state index is 0.0698. The zero-order valence-corrected chi connectivity index (χ0v) is 10.3. The summed E-state index contributed by atoms with van der Waals surface area (Å²) < 4.78 is 4.84. The highest BCUT2D eigenvalue weighted by Crippen LogP contribution is 2.34. The SMILES string of the molecule is CC1CCCCC1(NC(=O)c1ccoc1)C(=O)O. The van der Waals surface area contributed by atoms with E-state index < -0.39 is 11.5 Å². The van der Waals surface area contributed by atoms with Crippen molar-refractivity contribution in [1.29, 1.82) is 0 Å². The first-order chi connectivity index (χ1) is 8.56. The highest BCUT2D eigenvalue weighted by molar-refractivity contribution is 5.97. The monoisotopic (exact) mass is 251 g/mol. The number of carbonyl (C=O) groups excluding carboxylic acids is 1. The third-order valence-corrected chi connectivity index (χ3v) is 3.80. The van der Waals surface area contributed by atoms with Crippen molar-refractivity contribution in [3.8, 4) is 0 Å². The number of aliphatic carboxylic acids is 1.